The number of nitrogens with zero attached hydrogens (tertiary/aromatic N) is 2. The molecule has 0 unspecified atom stereocenters. The van der Waals surface area contributed by atoms with Gasteiger partial charge in [-0.3, -0.25) is 14.5 Å². The van der Waals surface area contributed by atoms with Crippen LogP contribution in [0.1, 0.15) is 46.8 Å². The van der Waals surface area contributed by atoms with Crippen molar-refractivity contribution in [3.05, 3.63) is 64.7 Å². The molecule has 0 radical (unpaired) electrons. The van der Waals surface area contributed by atoms with Crippen LogP contribution in [0.15, 0.2) is 42.5 Å². The minimum Gasteiger partial charge on any atom is -0.492 e. The highest BCUT2D eigenvalue weighted by Crippen LogP contribution is 2.27. The largest absolute Gasteiger partial charge is 0.492 e. The first-order valence-electron chi connectivity index (χ1n) is 11.1. The summed E-state index contributed by atoms with van der Waals surface area (Å²) >= 11 is 0. The molecule has 2 amide bonds. The van der Waals surface area contributed by atoms with Crippen molar-refractivity contribution in [3.63, 3.8) is 0 Å². The fourth-order valence-electron chi connectivity index (χ4n) is 4.40. The van der Waals surface area contributed by atoms with Gasteiger partial charge < -0.3 is 15.0 Å². The lowest BCUT2D eigenvalue weighted by molar-refractivity contribution is -0.130. The van der Waals surface area contributed by atoms with Crippen LogP contribution in [0.3, 0.4) is 0 Å². The number of carbonyl (C=O) groups excluding carboxylic acids is 2. The highest BCUT2D eigenvalue weighted by atomic mass is 16.5. The van der Waals surface area contributed by atoms with Crippen LogP contribution in [0.25, 0.3) is 0 Å². The zero-order valence-corrected chi connectivity index (χ0v) is 18.4. The molecular formula is C25H31N3O3. The van der Waals surface area contributed by atoms with Crippen molar-refractivity contribution in [2.24, 2.45) is 0 Å². The molecule has 1 N–H and O–H groups in total. The second-order valence-electron chi connectivity index (χ2n) is 8.55. The Kier molecular flexibility index (Phi) is 6.56. The maximum absolute atomic E-state index is 12.7. The molecule has 1 fully saturated rings. The SMILES string of the molecule is CC(=O)N1CCC(N2CCOc3ccc(C(=O)NCc4ccc(C)cc4)cc3C2)CC1. The van der Waals surface area contributed by atoms with Gasteiger partial charge in [-0.25, -0.2) is 0 Å². The molecule has 2 heterocycles. The van der Waals surface area contributed by atoms with Crippen LogP contribution in [0.4, 0.5) is 0 Å². The van der Waals surface area contributed by atoms with Gasteiger partial charge in [-0.2, -0.15) is 0 Å². The average molecular weight is 422 g/mol. The van der Waals surface area contributed by atoms with Crippen LogP contribution in [0, 0.1) is 6.92 Å². The standard InChI is InChI=1S/C25H31N3O3/c1-18-3-5-20(6-4-18)16-26-25(30)21-7-8-24-22(15-21)17-28(13-14-31-24)23-9-11-27(12-10-23)19(2)29/h3-8,15,23H,9-14,16-17H2,1-2H3,(H,26,30). The van der Waals surface area contributed by atoms with E-state index in [1.807, 2.05) is 35.2 Å². The lowest BCUT2D eigenvalue weighted by atomic mass is 10.0. The number of ether oxygens (including phenoxy) is 1. The molecule has 0 bridgehead atoms. The maximum Gasteiger partial charge on any atom is 0.251 e. The molecule has 4 rings (SSSR count). The Bertz CT molecular complexity index is 934. The van der Waals surface area contributed by atoms with E-state index in [0.29, 0.717) is 24.8 Å². The van der Waals surface area contributed by atoms with E-state index in [-0.39, 0.29) is 11.8 Å². The molecule has 0 aliphatic carbocycles. The molecule has 0 atom stereocenters. The van der Waals surface area contributed by atoms with Crippen LogP contribution in [-0.2, 0) is 17.9 Å². The number of carbonyl (C=O) groups is 2. The summed E-state index contributed by atoms with van der Waals surface area (Å²) in [5.41, 5.74) is 4.00. The normalized spacial score (nSPS) is 17.4. The molecule has 0 spiro atoms. The predicted octanol–water partition coefficient (Wildman–Crippen LogP) is 3.13. The molecule has 2 aromatic rings. The minimum atomic E-state index is -0.0751. The van der Waals surface area contributed by atoms with Gasteiger partial charge in [0.2, 0.25) is 5.91 Å². The summed E-state index contributed by atoms with van der Waals surface area (Å²) < 4.78 is 5.97. The van der Waals surface area contributed by atoms with Crippen LogP contribution in [-0.4, -0.2) is 53.9 Å². The van der Waals surface area contributed by atoms with Crippen LogP contribution >= 0.6 is 0 Å². The number of amides is 2. The Labute approximate surface area is 184 Å². The van der Waals surface area contributed by atoms with Crippen molar-refractivity contribution in [1.82, 2.24) is 15.1 Å². The average Bonchev–Trinajstić information content (AvgIpc) is 3.00. The van der Waals surface area contributed by atoms with Gasteiger partial charge in [0.25, 0.3) is 5.91 Å². The third-order valence-electron chi connectivity index (χ3n) is 6.33. The molecule has 164 valence electrons. The van der Waals surface area contributed by atoms with E-state index in [2.05, 4.69) is 29.3 Å². The zero-order chi connectivity index (χ0) is 21.8. The minimum absolute atomic E-state index is 0.0751. The van der Waals surface area contributed by atoms with Gasteiger partial charge in [-0.1, -0.05) is 29.8 Å². The quantitative estimate of drug-likeness (QED) is 0.824. The van der Waals surface area contributed by atoms with E-state index in [9.17, 15) is 9.59 Å². The van der Waals surface area contributed by atoms with E-state index in [1.165, 1.54) is 5.56 Å². The summed E-state index contributed by atoms with van der Waals surface area (Å²) in [6, 6.07) is 14.3. The summed E-state index contributed by atoms with van der Waals surface area (Å²) in [4.78, 5) is 28.7. The number of aryl methyl sites for hydroxylation is 1. The predicted molar refractivity (Wildman–Crippen MR) is 120 cm³/mol. The number of hydrogen-bond donors (Lipinski definition) is 1. The Hall–Kier alpha value is -2.86. The number of fused-ring (bicyclic) bond motifs is 1. The Morgan fingerprint density at radius 3 is 2.52 bits per heavy atom. The fourth-order valence-corrected chi connectivity index (χ4v) is 4.40. The first-order valence-corrected chi connectivity index (χ1v) is 11.1. The molecule has 2 aliphatic rings. The fraction of sp³-hybridized carbons (Fsp3) is 0.440. The van der Waals surface area contributed by atoms with Gasteiger partial charge in [0.05, 0.1) is 0 Å². The van der Waals surface area contributed by atoms with Gasteiger partial charge >= 0.3 is 0 Å². The summed E-state index contributed by atoms with van der Waals surface area (Å²) in [5.74, 6) is 0.942. The molecule has 6 nitrogen and oxygen atoms in total. The number of piperidine rings is 1. The number of hydrogen-bond acceptors (Lipinski definition) is 4. The van der Waals surface area contributed by atoms with E-state index in [0.717, 1.165) is 55.9 Å². The summed E-state index contributed by atoms with van der Waals surface area (Å²) in [7, 11) is 0. The summed E-state index contributed by atoms with van der Waals surface area (Å²) in [6.45, 7) is 8.08. The van der Waals surface area contributed by atoms with Crippen molar-refractivity contribution >= 4 is 11.8 Å². The molecule has 2 aliphatic heterocycles. The van der Waals surface area contributed by atoms with Gasteiger partial charge in [0.15, 0.2) is 0 Å². The second kappa shape index (κ2) is 9.52. The maximum atomic E-state index is 12.7. The Morgan fingerprint density at radius 1 is 1.06 bits per heavy atom. The number of nitrogens with one attached hydrogen (secondary N) is 1. The molecule has 31 heavy (non-hydrogen) atoms. The molecule has 1 saturated heterocycles. The lowest BCUT2D eigenvalue weighted by Crippen LogP contribution is -2.46. The van der Waals surface area contributed by atoms with Crippen molar-refractivity contribution < 1.29 is 14.3 Å². The summed E-state index contributed by atoms with van der Waals surface area (Å²) in [5, 5.41) is 3.02. The topological polar surface area (TPSA) is 61.9 Å². The van der Waals surface area contributed by atoms with E-state index < -0.39 is 0 Å². The molecule has 6 heteroatoms. The first kappa shape index (κ1) is 21.4. The molecule has 2 aromatic carbocycles. The van der Waals surface area contributed by atoms with Crippen molar-refractivity contribution in [3.8, 4) is 5.75 Å². The highest BCUT2D eigenvalue weighted by molar-refractivity contribution is 5.94. The van der Waals surface area contributed by atoms with Crippen molar-refractivity contribution in [2.45, 2.75) is 45.8 Å². The zero-order valence-electron chi connectivity index (χ0n) is 18.4. The van der Waals surface area contributed by atoms with Crippen LogP contribution in [0.5, 0.6) is 5.75 Å². The van der Waals surface area contributed by atoms with Crippen LogP contribution in [0.2, 0.25) is 0 Å². The van der Waals surface area contributed by atoms with E-state index >= 15 is 0 Å². The van der Waals surface area contributed by atoms with Gasteiger partial charge in [0.1, 0.15) is 12.4 Å². The first-order chi connectivity index (χ1) is 15.0. The smallest absolute Gasteiger partial charge is 0.251 e. The molecular weight excluding hydrogens is 390 g/mol. The van der Waals surface area contributed by atoms with Crippen molar-refractivity contribution in [1.29, 1.82) is 0 Å². The van der Waals surface area contributed by atoms with Crippen molar-refractivity contribution in [2.75, 3.05) is 26.2 Å². The highest BCUT2D eigenvalue weighted by Gasteiger charge is 2.28. The number of benzene rings is 2. The van der Waals surface area contributed by atoms with Crippen LogP contribution < -0.4 is 10.1 Å². The van der Waals surface area contributed by atoms with Gasteiger partial charge in [0, 0.05) is 56.8 Å². The van der Waals surface area contributed by atoms with E-state index in [1.54, 1.807) is 6.92 Å². The Morgan fingerprint density at radius 2 is 1.81 bits per heavy atom. The third-order valence-corrected chi connectivity index (χ3v) is 6.33. The van der Waals surface area contributed by atoms with E-state index in [4.69, 9.17) is 4.74 Å². The summed E-state index contributed by atoms with van der Waals surface area (Å²) in [6.07, 6.45) is 1.96. The monoisotopic (exact) mass is 421 g/mol. The van der Waals surface area contributed by atoms with Gasteiger partial charge in [-0.05, 0) is 43.5 Å². The molecule has 0 aromatic heterocycles. The number of likely N-dealkylation sites (tertiary alicyclic amines) is 1. The molecule has 0 saturated carbocycles. The van der Waals surface area contributed by atoms with Gasteiger partial charge in [-0.15, -0.1) is 0 Å². The lowest BCUT2D eigenvalue weighted by Gasteiger charge is -2.37. The second-order valence-corrected chi connectivity index (χ2v) is 8.55. The Balaban J connectivity index is 1.40. The third kappa shape index (κ3) is 5.25. The number of rotatable bonds is 4.